The molecule has 0 saturated carbocycles. The van der Waals surface area contributed by atoms with Crippen LogP contribution < -0.4 is 5.32 Å². The highest BCUT2D eigenvalue weighted by Gasteiger charge is 2.13. The maximum absolute atomic E-state index is 11.4. The van der Waals surface area contributed by atoms with Crippen molar-refractivity contribution < 1.29 is 9.90 Å². The van der Waals surface area contributed by atoms with E-state index in [9.17, 15) is 9.90 Å². The molecule has 1 rings (SSSR count). The van der Waals surface area contributed by atoms with Gasteiger partial charge in [-0.1, -0.05) is 6.07 Å². The number of benzene rings is 1. The van der Waals surface area contributed by atoms with Crippen LogP contribution in [-0.2, 0) is 0 Å². The molecule has 0 heterocycles. The van der Waals surface area contributed by atoms with Crippen molar-refractivity contribution in [2.45, 2.75) is 0 Å². The molecule has 0 saturated heterocycles. The SMILES string of the molecule is CNCC(=O)c1c(O)cccc1Br. The molecular formula is C9H10BrNO2. The monoisotopic (exact) mass is 243 g/mol. The largest absolute Gasteiger partial charge is 0.507 e. The lowest BCUT2D eigenvalue weighted by atomic mass is 10.1. The molecule has 3 nitrogen and oxygen atoms in total. The maximum Gasteiger partial charge on any atom is 0.181 e. The van der Waals surface area contributed by atoms with Crippen LogP contribution in [0.25, 0.3) is 0 Å². The number of ketones is 1. The molecule has 13 heavy (non-hydrogen) atoms. The highest BCUT2D eigenvalue weighted by atomic mass is 79.9. The van der Waals surface area contributed by atoms with Crippen LogP contribution in [0.1, 0.15) is 10.4 Å². The minimum absolute atomic E-state index is 0.00891. The lowest BCUT2D eigenvalue weighted by Gasteiger charge is -2.04. The smallest absolute Gasteiger partial charge is 0.181 e. The van der Waals surface area contributed by atoms with Gasteiger partial charge in [0, 0.05) is 4.47 Å². The zero-order chi connectivity index (χ0) is 9.84. The number of Topliss-reactive ketones (excluding diaryl/α,β-unsaturated/α-hetero) is 1. The summed E-state index contributed by atoms with van der Waals surface area (Å²) in [4.78, 5) is 11.4. The molecule has 1 aromatic rings. The van der Waals surface area contributed by atoms with Crippen LogP contribution in [0.4, 0.5) is 0 Å². The molecule has 0 fully saturated rings. The van der Waals surface area contributed by atoms with Crippen molar-refractivity contribution in [2.24, 2.45) is 0 Å². The average Bonchev–Trinajstić information content (AvgIpc) is 2.04. The van der Waals surface area contributed by atoms with Gasteiger partial charge in [-0.05, 0) is 35.1 Å². The van der Waals surface area contributed by atoms with Gasteiger partial charge < -0.3 is 10.4 Å². The summed E-state index contributed by atoms with van der Waals surface area (Å²) < 4.78 is 0.618. The third kappa shape index (κ3) is 2.29. The van der Waals surface area contributed by atoms with E-state index in [2.05, 4.69) is 21.2 Å². The number of hydrogen-bond donors (Lipinski definition) is 2. The predicted octanol–water partition coefficient (Wildman–Crippen LogP) is 1.56. The van der Waals surface area contributed by atoms with Crippen molar-refractivity contribution in [3.8, 4) is 5.75 Å². The van der Waals surface area contributed by atoms with Gasteiger partial charge >= 0.3 is 0 Å². The van der Waals surface area contributed by atoms with Gasteiger partial charge in [-0.15, -0.1) is 0 Å². The van der Waals surface area contributed by atoms with Gasteiger partial charge in [0.05, 0.1) is 12.1 Å². The summed E-state index contributed by atoms with van der Waals surface area (Å²) in [6.07, 6.45) is 0. The molecule has 2 N–H and O–H groups in total. The third-order valence-corrected chi connectivity index (χ3v) is 2.27. The first-order chi connectivity index (χ1) is 6.16. The summed E-state index contributed by atoms with van der Waals surface area (Å²) in [5.74, 6) is -0.123. The highest BCUT2D eigenvalue weighted by molar-refractivity contribution is 9.10. The van der Waals surface area contributed by atoms with Crippen LogP contribution in [0.5, 0.6) is 5.75 Å². The van der Waals surface area contributed by atoms with Gasteiger partial charge in [-0.2, -0.15) is 0 Å². The van der Waals surface area contributed by atoms with E-state index in [1.807, 2.05) is 0 Å². The molecule has 0 bridgehead atoms. The van der Waals surface area contributed by atoms with Crippen molar-refractivity contribution in [3.05, 3.63) is 28.2 Å². The standard InChI is InChI=1S/C9H10BrNO2/c1-11-5-8(13)9-6(10)3-2-4-7(9)12/h2-4,11-12H,5H2,1H3. The minimum atomic E-state index is -0.132. The Morgan fingerprint density at radius 1 is 1.62 bits per heavy atom. The summed E-state index contributed by atoms with van der Waals surface area (Å²) in [6, 6.07) is 4.89. The van der Waals surface area contributed by atoms with Crippen LogP contribution in [0.15, 0.2) is 22.7 Å². The van der Waals surface area contributed by atoms with E-state index in [0.717, 1.165) is 0 Å². The predicted molar refractivity (Wildman–Crippen MR) is 54.1 cm³/mol. The Hall–Kier alpha value is -0.870. The number of likely N-dealkylation sites (N-methyl/N-ethyl adjacent to an activating group) is 1. The Balaban J connectivity index is 3.05. The Morgan fingerprint density at radius 2 is 2.31 bits per heavy atom. The molecule has 0 aliphatic carbocycles. The van der Waals surface area contributed by atoms with E-state index in [1.54, 1.807) is 19.2 Å². The fourth-order valence-corrected chi connectivity index (χ4v) is 1.61. The second kappa shape index (κ2) is 4.39. The van der Waals surface area contributed by atoms with Crippen molar-refractivity contribution in [2.75, 3.05) is 13.6 Å². The Kier molecular flexibility index (Phi) is 3.45. The molecule has 0 spiro atoms. The third-order valence-electron chi connectivity index (χ3n) is 1.61. The van der Waals surface area contributed by atoms with Gasteiger partial charge in [0.1, 0.15) is 5.75 Å². The quantitative estimate of drug-likeness (QED) is 0.793. The summed E-state index contributed by atoms with van der Waals surface area (Å²) in [5, 5.41) is 12.1. The van der Waals surface area contributed by atoms with Crippen LogP contribution in [0.3, 0.4) is 0 Å². The highest BCUT2D eigenvalue weighted by Crippen LogP contribution is 2.25. The first-order valence-electron chi connectivity index (χ1n) is 3.82. The van der Waals surface area contributed by atoms with Crippen molar-refractivity contribution in [1.82, 2.24) is 5.32 Å². The number of rotatable bonds is 3. The Labute approximate surface area is 84.9 Å². The Morgan fingerprint density at radius 3 is 2.85 bits per heavy atom. The van der Waals surface area contributed by atoms with E-state index in [-0.39, 0.29) is 18.1 Å². The molecule has 4 heteroatoms. The lowest BCUT2D eigenvalue weighted by molar-refractivity contribution is 0.0990. The number of nitrogens with one attached hydrogen (secondary N) is 1. The fraction of sp³-hybridized carbons (Fsp3) is 0.222. The van der Waals surface area contributed by atoms with E-state index in [4.69, 9.17) is 0 Å². The van der Waals surface area contributed by atoms with Gasteiger partial charge in [-0.3, -0.25) is 4.79 Å². The number of phenolic OH excluding ortho intramolecular Hbond substituents is 1. The first-order valence-corrected chi connectivity index (χ1v) is 4.61. The minimum Gasteiger partial charge on any atom is -0.507 e. The van der Waals surface area contributed by atoms with Gasteiger partial charge in [-0.25, -0.2) is 0 Å². The second-order valence-corrected chi connectivity index (χ2v) is 3.44. The molecule has 0 aliphatic heterocycles. The van der Waals surface area contributed by atoms with Crippen molar-refractivity contribution in [3.63, 3.8) is 0 Å². The molecular weight excluding hydrogens is 234 g/mol. The van der Waals surface area contributed by atoms with Crippen LogP contribution in [-0.4, -0.2) is 24.5 Å². The summed E-state index contributed by atoms with van der Waals surface area (Å²) >= 11 is 3.21. The number of phenols is 1. The summed E-state index contributed by atoms with van der Waals surface area (Å²) in [6.45, 7) is 0.218. The molecule has 1 aromatic carbocycles. The number of aromatic hydroxyl groups is 1. The number of carbonyl (C=O) groups is 1. The Bertz CT molecular complexity index is 305. The zero-order valence-electron chi connectivity index (χ0n) is 7.17. The number of carbonyl (C=O) groups excluding carboxylic acids is 1. The first kappa shape index (κ1) is 10.2. The molecule has 0 aromatic heterocycles. The number of halogens is 1. The molecule has 0 amide bonds. The topological polar surface area (TPSA) is 49.3 Å². The molecule has 0 atom stereocenters. The van der Waals surface area contributed by atoms with E-state index >= 15 is 0 Å². The average molecular weight is 244 g/mol. The maximum atomic E-state index is 11.4. The summed E-state index contributed by atoms with van der Waals surface area (Å²) in [5.41, 5.74) is 0.330. The van der Waals surface area contributed by atoms with E-state index in [1.165, 1.54) is 6.07 Å². The van der Waals surface area contributed by atoms with Gasteiger partial charge in [0.15, 0.2) is 5.78 Å². The van der Waals surface area contributed by atoms with Crippen molar-refractivity contribution in [1.29, 1.82) is 0 Å². The molecule has 0 unspecified atom stereocenters. The molecule has 0 aliphatic rings. The number of hydrogen-bond acceptors (Lipinski definition) is 3. The van der Waals surface area contributed by atoms with Crippen molar-refractivity contribution >= 4 is 21.7 Å². The zero-order valence-corrected chi connectivity index (χ0v) is 8.76. The lowest BCUT2D eigenvalue weighted by Crippen LogP contribution is -2.18. The van der Waals surface area contributed by atoms with Crippen LogP contribution in [0, 0.1) is 0 Å². The van der Waals surface area contributed by atoms with Crippen LogP contribution in [0.2, 0.25) is 0 Å². The second-order valence-electron chi connectivity index (χ2n) is 2.59. The normalized spacial score (nSPS) is 10.0. The van der Waals surface area contributed by atoms with Gasteiger partial charge in [0.25, 0.3) is 0 Å². The van der Waals surface area contributed by atoms with Crippen LogP contribution >= 0.6 is 15.9 Å². The molecule has 0 radical (unpaired) electrons. The fourth-order valence-electron chi connectivity index (χ4n) is 1.04. The molecule has 70 valence electrons. The van der Waals surface area contributed by atoms with E-state index < -0.39 is 0 Å². The van der Waals surface area contributed by atoms with Gasteiger partial charge in [0.2, 0.25) is 0 Å². The summed E-state index contributed by atoms with van der Waals surface area (Å²) in [7, 11) is 1.69. The van der Waals surface area contributed by atoms with E-state index in [0.29, 0.717) is 10.0 Å².